The van der Waals surface area contributed by atoms with E-state index in [0.29, 0.717) is 18.3 Å². The maximum absolute atomic E-state index is 12.1. The zero-order chi connectivity index (χ0) is 13.2. The van der Waals surface area contributed by atoms with E-state index in [1.165, 1.54) is 6.20 Å². The summed E-state index contributed by atoms with van der Waals surface area (Å²) in [5.74, 6) is 0.939. The Morgan fingerprint density at radius 2 is 2.22 bits per heavy atom. The highest BCUT2D eigenvalue weighted by Crippen LogP contribution is 2.28. The van der Waals surface area contributed by atoms with E-state index in [2.05, 4.69) is 14.7 Å². The molecule has 0 radical (unpaired) electrons. The second kappa shape index (κ2) is 5.38. The molecule has 1 unspecified atom stereocenters. The van der Waals surface area contributed by atoms with Crippen LogP contribution < -0.4 is 10.5 Å². The van der Waals surface area contributed by atoms with E-state index in [0.717, 1.165) is 25.7 Å². The number of aromatic amines is 1. The van der Waals surface area contributed by atoms with Crippen molar-refractivity contribution in [2.75, 3.05) is 6.54 Å². The molecule has 0 aromatic carbocycles. The first-order valence-electron chi connectivity index (χ1n) is 6.27. The van der Waals surface area contributed by atoms with Gasteiger partial charge in [0.05, 0.1) is 6.20 Å². The largest absolute Gasteiger partial charge is 0.332 e. The van der Waals surface area contributed by atoms with E-state index in [1.54, 1.807) is 6.92 Å². The van der Waals surface area contributed by atoms with Gasteiger partial charge < -0.3 is 10.7 Å². The lowest BCUT2D eigenvalue weighted by Gasteiger charge is -2.22. The lowest BCUT2D eigenvalue weighted by atomic mass is 9.99. The molecular weight excluding hydrogens is 252 g/mol. The molecule has 0 spiro atoms. The third-order valence-corrected chi connectivity index (χ3v) is 4.90. The molecule has 2 rings (SSSR count). The minimum absolute atomic E-state index is 0.108. The molecule has 18 heavy (non-hydrogen) atoms. The van der Waals surface area contributed by atoms with Gasteiger partial charge in [-0.15, -0.1) is 0 Å². The summed E-state index contributed by atoms with van der Waals surface area (Å²) in [7, 11) is -3.54. The molecule has 1 atom stereocenters. The van der Waals surface area contributed by atoms with Crippen LogP contribution in [0, 0.1) is 12.8 Å². The van der Waals surface area contributed by atoms with Gasteiger partial charge in [0.15, 0.2) is 5.03 Å². The average molecular weight is 272 g/mol. The molecule has 0 aliphatic heterocycles. The second-order valence-electron chi connectivity index (χ2n) is 4.84. The van der Waals surface area contributed by atoms with Gasteiger partial charge in [-0.3, -0.25) is 0 Å². The summed E-state index contributed by atoms with van der Waals surface area (Å²) >= 11 is 0. The third kappa shape index (κ3) is 2.90. The predicted octanol–water partition coefficient (Wildman–Crippen LogP) is 0.514. The van der Waals surface area contributed by atoms with Crippen LogP contribution >= 0.6 is 0 Å². The topological polar surface area (TPSA) is 101 Å². The Kier molecular flexibility index (Phi) is 4.04. The summed E-state index contributed by atoms with van der Waals surface area (Å²) in [5, 5.41) is 0.108. The van der Waals surface area contributed by atoms with Crippen molar-refractivity contribution in [3.8, 4) is 0 Å². The zero-order valence-electron chi connectivity index (χ0n) is 10.5. The second-order valence-corrected chi connectivity index (χ2v) is 6.52. The van der Waals surface area contributed by atoms with Crippen LogP contribution in [-0.4, -0.2) is 31.0 Å². The number of aryl methyl sites for hydroxylation is 1. The molecule has 4 N–H and O–H groups in total. The lowest BCUT2D eigenvalue weighted by molar-refractivity contribution is 0.405. The number of nitrogens with zero attached hydrogens (tertiary/aromatic N) is 1. The first kappa shape index (κ1) is 13.5. The summed E-state index contributed by atoms with van der Waals surface area (Å²) in [5.41, 5.74) is 5.69. The van der Waals surface area contributed by atoms with Crippen LogP contribution in [0.3, 0.4) is 0 Å². The number of aromatic nitrogens is 2. The fourth-order valence-electron chi connectivity index (χ4n) is 2.49. The molecule has 1 aromatic heterocycles. The molecule has 6 nitrogen and oxygen atoms in total. The van der Waals surface area contributed by atoms with Gasteiger partial charge in [-0.25, -0.2) is 18.1 Å². The standard InChI is InChI=1S/C11H20N4O2S/c1-8-13-7-11(14-8)18(16,17)15-10(6-12)9-4-2-3-5-9/h7,9-10,15H,2-6,12H2,1H3,(H,13,14). The van der Waals surface area contributed by atoms with E-state index in [1.807, 2.05) is 0 Å². The summed E-state index contributed by atoms with van der Waals surface area (Å²) in [4.78, 5) is 6.64. The maximum Gasteiger partial charge on any atom is 0.257 e. The Morgan fingerprint density at radius 3 is 2.72 bits per heavy atom. The average Bonchev–Trinajstić information content (AvgIpc) is 2.96. The van der Waals surface area contributed by atoms with E-state index < -0.39 is 10.0 Å². The van der Waals surface area contributed by atoms with Gasteiger partial charge in [0.2, 0.25) is 0 Å². The fraction of sp³-hybridized carbons (Fsp3) is 0.727. The highest BCUT2D eigenvalue weighted by molar-refractivity contribution is 7.89. The van der Waals surface area contributed by atoms with Crippen molar-refractivity contribution in [3.05, 3.63) is 12.0 Å². The van der Waals surface area contributed by atoms with Gasteiger partial charge in [-0.05, 0) is 25.7 Å². The summed E-state index contributed by atoms with van der Waals surface area (Å²) in [6, 6.07) is -0.180. The molecule has 1 heterocycles. The molecule has 1 saturated carbocycles. The highest BCUT2D eigenvalue weighted by Gasteiger charge is 2.29. The van der Waals surface area contributed by atoms with Crippen LogP contribution in [0.15, 0.2) is 11.2 Å². The molecule has 1 aromatic rings. The van der Waals surface area contributed by atoms with E-state index in [9.17, 15) is 8.42 Å². The first-order valence-corrected chi connectivity index (χ1v) is 7.75. The van der Waals surface area contributed by atoms with E-state index >= 15 is 0 Å². The molecule has 1 aliphatic rings. The Hall–Kier alpha value is -0.920. The van der Waals surface area contributed by atoms with Crippen LogP contribution in [0.1, 0.15) is 31.5 Å². The molecule has 102 valence electrons. The number of nitrogens with two attached hydrogens (primary N) is 1. The van der Waals surface area contributed by atoms with Gasteiger partial charge in [0.25, 0.3) is 10.0 Å². The third-order valence-electron chi connectivity index (χ3n) is 3.50. The molecule has 1 fully saturated rings. The number of hydrogen-bond donors (Lipinski definition) is 3. The quantitative estimate of drug-likeness (QED) is 0.727. The maximum atomic E-state index is 12.1. The Balaban J connectivity index is 2.10. The van der Waals surface area contributed by atoms with Crippen molar-refractivity contribution in [1.82, 2.24) is 14.7 Å². The van der Waals surface area contributed by atoms with Crippen molar-refractivity contribution in [2.24, 2.45) is 11.7 Å². The number of H-pyrrole nitrogens is 1. The van der Waals surface area contributed by atoms with Gasteiger partial charge in [0.1, 0.15) is 5.82 Å². The molecule has 0 bridgehead atoms. The van der Waals surface area contributed by atoms with Crippen molar-refractivity contribution < 1.29 is 8.42 Å². The number of sulfonamides is 1. The monoisotopic (exact) mass is 272 g/mol. The van der Waals surface area contributed by atoms with Gasteiger partial charge in [-0.2, -0.15) is 0 Å². The number of imidazole rings is 1. The SMILES string of the molecule is Cc1ncc(S(=O)(=O)NC(CN)C2CCCC2)[nH]1. The van der Waals surface area contributed by atoms with E-state index in [-0.39, 0.29) is 11.1 Å². The molecular formula is C11H20N4O2S. The smallest absolute Gasteiger partial charge is 0.257 e. The highest BCUT2D eigenvalue weighted by atomic mass is 32.2. The van der Waals surface area contributed by atoms with Crippen molar-refractivity contribution in [2.45, 2.75) is 43.7 Å². The van der Waals surface area contributed by atoms with Crippen molar-refractivity contribution in [1.29, 1.82) is 0 Å². The van der Waals surface area contributed by atoms with Crippen LogP contribution in [0.2, 0.25) is 0 Å². The number of hydrogen-bond acceptors (Lipinski definition) is 4. The van der Waals surface area contributed by atoms with E-state index in [4.69, 9.17) is 5.73 Å². The van der Waals surface area contributed by atoms with Crippen molar-refractivity contribution >= 4 is 10.0 Å². The van der Waals surface area contributed by atoms with Crippen LogP contribution in [0.5, 0.6) is 0 Å². The Bertz CT molecular complexity index is 491. The minimum atomic E-state index is -3.54. The first-order chi connectivity index (χ1) is 8.53. The number of rotatable bonds is 5. The summed E-state index contributed by atoms with van der Waals surface area (Å²) < 4.78 is 27.0. The molecule has 0 saturated heterocycles. The molecule has 7 heteroatoms. The van der Waals surface area contributed by atoms with Crippen LogP contribution in [-0.2, 0) is 10.0 Å². The number of nitrogens with one attached hydrogen (secondary N) is 2. The van der Waals surface area contributed by atoms with Gasteiger partial charge in [-0.1, -0.05) is 12.8 Å². The van der Waals surface area contributed by atoms with Crippen LogP contribution in [0.25, 0.3) is 0 Å². The molecule has 1 aliphatic carbocycles. The Morgan fingerprint density at radius 1 is 1.56 bits per heavy atom. The fourth-order valence-corrected chi connectivity index (χ4v) is 3.78. The van der Waals surface area contributed by atoms with Crippen molar-refractivity contribution in [3.63, 3.8) is 0 Å². The van der Waals surface area contributed by atoms with Gasteiger partial charge >= 0.3 is 0 Å². The van der Waals surface area contributed by atoms with Crippen LogP contribution in [0.4, 0.5) is 0 Å². The normalized spacial score (nSPS) is 19.2. The summed E-state index contributed by atoms with van der Waals surface area (Å²) in [6.07, 6.45) is 5.75. The summed E-state index contributed by atoms with van der Waals surface area (Å²) in [6.45, 7) is 2.05. The zero-order valence-corrected chi connectivity index (χ0v) is 11.3. The Labute approximate surface area is 107 Å². The molecule has 0 amide bonds. The van der Waals surface area contributed by atoms with Gasteiger partial charge in [0, 0.05) is 12.6 Å². The minimum Gasteiger partial charge on any atom is -0.332 e. The predicted molar refractivity (Wildman–Crippen MR) is 68.4 cm³/mol. The lowest BCUT2D eigenvalue weighted by Crippen LogP contribution is -2.44.